The minimum absolute atomic E-state index is 0.218. The van der Waals surface area contributed by atoms with Crippen LogP contribution in [0.2, 0.25) is 0 Å². The summed E-state index contributed by atoms with van der Waals surface area (Å²) in [5.41, 5.74) is 4.48. The Morgan fingerprint density at radius 2 is 1.77 bits per heavy atom. The van der Waals surface area contributed by atoms with Crippen molar-refractivity contribution < 1.29 is 19.1 Å². The number of aromatic amines is 1. The molecule has 0 bridgehead atoms. The molecular weight excluding hydrogens is 444 g/mol. The van der Waals surface area contributed by atoms with Gasteiger partial charge in [-0.3, -0.25) is 19.8 Å². The van der Waals surface area contributed by atoms with Crippen LogP contribution in [0.5, 0.6) is 5.75 Å². The van der Waals surface area contributed by atoms with Gasteiger partial charge in [0, 0.05) is 23.0 Å². The Kier molecular flexibility index (Phi) is 6.01. The van der Waals surface area contributed by atoms with Crippen LogP contribution >= 0.6 is 0 Å². The molecular formula is C27H24N4O4. The number of amides is 1. The van der Waals surface area contributed by atoms with Gasteiger partial charge < -0.3 is 9.47 Å². The van der Waals surface area contributed by atoms with Crippen molar-refractivity contribution >= 4 is 17.6 Å². The molecule has 4 aromatic rings. The summed E-state index contributed by atoms with van der Waals surface area (Å²) in [6.45, 7) is 4.57. The van der Waals surface area contributed by atoms with Crippen molar-refractivity contribution in [3.8, 4) is 17.0 Å². The lowest BCUT2D eigenvalue weighted by Crippen LogP contribution is -2.29. The molecule has 3 heterocycles. The van der Waals surface area contributed by atoms with Crippen molar-refractivity contribution in [1.82, 2.24) is 15.2 Å². The maximum atomic E-state index is 13.6. The molecule has 0 radical (unpaired) electrons. The first-order valence-electron chi connectivity index (χ1n) is 11.5. The highest BCUT2D eigenvalue weighted by atomic mass is 16.5. The van der Waals surface area contributed by atoms with E-state index in [1.54, 1.807) is 42.3 Å². The van der Waals surface area contributed by atoms with Crippen molar-refractivity contribution in [2.45, 2.75) is 19.9 Å². The van der Waals surface area contributed by atoms with Crippen LogP contribution in [0.25, 0.3) is 11.3 Å². The van der Waals surface area contributed by atoms with Crippen molar-refractivity contribution in [2.75, 3.05) is 18.1 Å². The molecule has 1 aliphatic heterocycles. The van der Waals surface area contributed by atoms with Crippen molar-refractivity contribution in [1.29, 1.82) is 0 Å². The number of nitrogens with zero attached hydrogens (tertiary/aromatic N) is 3. The first kappa shape index (κ1) is 22.3. The standard InChI is InChI=1S/C27H24N4O4/c1-3-34-20-14-10-17(11-15-20)23-22-24(30-29-23)26(32)31(25(22)21-7-5-6-16-28-21)19-12-8-18(9-13-19)27(33)35-4-2/h5-16,25H,3-4H2,1-2H3,(H,29,30). The number of fused-ring (bicyclic) bond motifs is 1. The first-order valence-corrected chi connectivity index (χ1v) is 11.5. The predicted octanol–water partition coefficient (Wildman–Crippen LogP) is 4.80. The maximum absolute atomic E-state index is 13.6. The van der Waals surface area contributed by atoms with Crippen LogP contribution in [0, 0.1) is 0 Å². The molecule has 2 aromatic carbocycles. The lowest BCUT2D eigenvalue weighted by molar-refractivity contribution is 0.0526. The highest BCUT2D eigenvalue weighted by Crippen LogP contribution is 2.44. The molecule has 0 saturated carbocycles. The molecule has 0 aliphatic carbocycles. The molecule has 176 valence electrons. The Hall–Kier alpha value is -4.46. The average Bonchev–Trinajstić information content (AvgIpc) is 3.44. The number of carbonyl (C=O) groups is 2. The summed E-state index contributed by atoms with van der Waals surface area (Å²) >= 11 is 0. The number of nitrogens with one attached hydrogen (secondary N) is 1. The zero-order valence-corrected chi connectivity index (χ0v) is 19.4. The third kappa shape index (κ3) is 4.03. The summed E-state index contributed by atoms with van der Waals surface area (Å²) in [6, 6.07) is 19.6. The molecule has 8 nitrogen and oxygen atoms in total. The van der Waals surface area contributed by atoms with Gasteiger partial charge in [0.1, 0.15) is 17.5 Å². The zero-order valence-electron chi connectivity index (χ0n) is 19.4. The molecule has 0 saturated heterocycles. The molecule has 1 N–H and O–H groups in total. The molecule has 0 fully saturated rings. The van der Waals surface area contributed by atoms with Gasteiger partial charge in [0.2, 0.25) is 0 Å². The summed E-state index contributed by atoms with van der Waals surface area (Å²) in [5, 5.41) is 7.44. The minimum Gasteiger partial charge on any atom is -0.494 e. The number of ether oxygens (including phenoxy) is 2. The monoisotopic (exact) mass is 468 g/mol. The van der Waals surface area contributed by atoms with E-state index in [4.69, 9.17) is 9.47 Å². The fourth-order valence-electron chi connectivity index (χ4n) is 4.30. The largest absolute Gasteiger partial charge is 0.494 e. The smallest absolute Gasteiger partial charge is 0.338 e. The van der Waals surface area contributed by atoms with Crippen molar-refractivity contribution in [3.63, 3.8) is 0 Å². The number of aromatic nitrogens is 3. The Labute approximate surface area is 202 Å². The topological polar surface area (TPSA) is 97.4 Å². The second-order valence-electron chi connectivity index (χ2n) is 7.92. The van der Waals surface area contributed by atoms with Gasteiger partial charge in [-0.25, -0.2) is 4.79 Å². The molecule has 1 unspecified atom stereocenters. The van der Waals surface area contributed by atoms with E-state index in [0.29, 0.717) is 41.5 Å². The Balaban J connectivity index is 1.58. The normalized spacial score (nSPS) is 14.6. The third-order valence-electron chi connectivity index (χ3n) is 5.83. The van der Waals surface area contributed by atoms with E-state index in [-0.39, 0.29) is 5.91 Å². The number of hydrogen-bond donors (Lipinski definition) is 1. The number of H-pyrrole nitrogens is 1. The van der Waals surface area contributed by atoms with Crippen LogP contribution in [0.15, 0.2) is 72.9 Å². The SMILES string of the molecule is CCOC(=O)c1ccc(N2C(=O)c3[nH]nc(-c4ccc(OCC)cc4)c3C2c2ccccn2)cc1. The highest BCUT2D eigenvalue weighted by Gasteiger charge is 2.43. The maximum Gasteiger partial charge on any atom is 0.338 e. The number of rotatable bonds is 7. The van der Waals surface area contributed by atoms with E-state index in [0.717, 1.165) is 16.9 Å². The number of esters is 1. The third-order valence-corrected chi connectivity index (χ3v) is 5.83. The van der Waals surface area contributed by atoms with E-state index < -0.39 is 12.0 Å². The van der Waals surface area contributed by atoms with Gasteiger partial charge >= 0.3 is 5.97 Å². The van der Waals surface area contributed by atoms with Gasteiger partial charge in [-0.2, -0.15) is 5.10 Å². The molecule has 0 spiro atoms. The van der Waals surface area contributed by atoms with Gasteiger partial charge in [-0.15, -0.1) is 0 Å². The fraction of sp³-hybridized carbons (Fsp3) is 0.185. The van der Waals surface area contributed by atoms with E-state index in [1.165, 1.54) is 0 Å². The van der Waals surface area contributed by atoms with Crippen LogP contribution in [-0.2, 0) is 4.74 Å². The minimum atomic E-state index is -0.493. The predicted molar refractivity (Wildman–Crippen MR) is 130 cm³/mol. The first-order chi connectivity index (χ1) is 17.1. The average molecular weight is 469 g/mol. The van der Waals surface area contributed by atoms with Gasteiger partial charge in [0.25, 0.3) is 5.91 Å². The second-order valence-corrected chi connectivity index (χ2v) is 7.92. The van der Waals surface area contributed by atoms with Crippen molar-refractivity contribution in [3.05, 3.63) is 95.4 Å². The molecule has 1 amide bonds. The van der Waals surface area contributed by atoms with E-state index in [1.807, 2.05) is 49.4 Å². The summed E-state index contributed by atoms with van der Waals surface area (Å²) in [7, 11) is 0. The summed E-state index contributed by atoms with van der Waals surface area (Å²) in [5.74, 6) is 0.147. The molecule has 1 atom stereocenters. The van der Waals surface area contributed by atoms with Crippen LogP contribution in [0.4, 0.5) is 5.69 Å². The number of anilines is 1. The molecule has 2 aromatic heterocycles. The number of carbonyl (C=O) groups excluding carboxylic acids is 2. The van der Waals surface area contributed by atoms with Crippen molar-refractivity contribution in [2.24, 2.45) is 0 Å². The van der Waals surface area contributed by atoms with Gasteiger partial charge in [0.05, 0.1) is 30.2 Å². The highest BCUT2D eigenvalue weighted by molar-refractivity contribution is 6.11. The lowest BCUT2D eigenvalue weighted by Gasteiger charge is -2.25. The molecule has 8 heteroatoms. The van der Waals surface area contributed by atoms with Crippen LogP contribution in [0.1, 0.15) is 52.0 Å². The zero-order chi connectivity index (χ0) is 24.4. The quantitative estimate of drug-likeness (QED) is 0.392. The van der Waals surface area contributed by atoms with E-state index in [9.17, 15) is 9.59 Å². The van der Waals surface area contributed by atoms with E-state index in [2.05, 4.69) is 15.2 Å². The summed E-state index contributed by atoms with van der Waals surface area (Å²) < 4.78 is 10.6. The van der Waals surface area contributed by atoms with Crippen LogP contribution < -0.4 is 9.64 Å². The molecule has 5 rings (SSSR count). The molecule has 35 heavy (non-hydrogen) atoms. The number of hydrogen-bond acceptors (Lipinski definition) is 6. The lowest BCUT2D eigenvalue weighted by atomic mass is 9.99. The Bertz CT molecular complexity index is 1350. The van der Waals surface area contributed by atoms with Gasteiger partial charge in [0.15, 0.2) is 0 Å². The fourth-order valence-corrected chi connectivity index (χ4v) is 4.30. The Morgan fingerprint density at radius 1 is 1.00 bits per heavy atom. The van der Waals surface area contributed by atoms with Gasteiger partial charge in [-0.1, -0.05) is 6.07 Å². The molecule has 1 aliphatic rings. The summed E-state index contributed by atoms with van der Waals surface area (Å²) in [4.78, 5) is 31.9. The van der Waals surface area contributed by atoms with Crippen LogP contribution in [0.3, 0.4) is 0 Å². The van der Waals surface area contributed by atoms with E-state index >= 15 is 0 Å². The second kappa shape index (κ2) is 9.42. The number of pyridine rings is 1. The summed E-state index contributed by atoms with van der Waals surface area (Å²) in [6.07, 6.45) is 1.70. The van der Waals surface area contributed by atoms with Gasteiger partial charge in [-0.05, 0) is 74.5 Å². The van der Waals surface area contributed by atoms with Crippen LogP contribution in [-0.4, -0.2) is 40.3 Å². The Morgan fingerprint density at radius 3 is 2.43 bits per heavy atom. The number of benzene rings is 2.